The van der Waals surface area contributed by atoms with Crippen molar-refractivity contribution in [2.75, 3.05) is 6.61 Å². The van der Waals surface area contributed by atoms with Gasteiger partial charge in [0.15, 0.2) is 6.29 Å². The maximum absolute atomic E-state index is 9.49. The smallest absolute Gasteiger partial charge is 0.174 e. The Morgan fingerprint density at radius 1 is 0.960 bits per heavy atom. The standard InChI is InChI=1S/C22H34O3/c1-20(2)25-22(23)17-13-8-6-4-3-5-7-9-14-18-24-19-21-15-11-10-12-16-21/h6,8,10-13,15-17,20,22-23H,3-5,7,9,14,18-19H2,1-2H3/b8-6?,17-13-. The van der Waals surface area contributed by atoms with Crippen LogP contribution in [-0.4, -0.2) is 24.1 Å². The molecule has 3 nitrogen and oxygen atoms in total. The Bertz CT molecular complexity index is 465. The molecule has 25 heavy (non-hydrogen) atoms. The summed E-state index contributed by atoms with van der Waals surface area (Å²) in [5.41, 5.74) is 1.24. The lowest BCUT2D eigenvalue weighted by molar-refractivity contribution is -0.0924. The second kappa shape index (κ2) is 14.9. The second-order valence-corrected chi connectivity index (χ2v) is 6.48. The van der Waals surface area contributed by atoms with E-state index < -0.39 is 6.29 Å². The SMILES string of the molecule is CC(C)OC(O)/C=C\C=CCCCCCCCOCc1ccccc1. The number of hydrogen-bond acceptors (Lipinski definition) is 3. The highest BCUT2D eigenvalue weighted by Crippen LogP contribution is 2.07. The van der Waals surface area contributed by atoms with Crippen LogP contribution in [0, 0.1) is 0 Å². The number of ether oxygens (including phenoxy) is 2. The van der Waals surface area contributed by atoms with Gasteiger partial charge in [-0.1, -0.05) is 67.8 Å². The molecule has 0 amide bonds. The lowest BCUT2D eigenvalue weighted by Crippen LogP contribution is -2.14. The van der Waals surface area contributed by atoms with E-state index >= 15 is 0 Å². The van der Waals surface area contributed by atoms with E-state index in [1.54, 1.807) is 6.08 Å². The molecular weight excluding hydrogens is 312 g/mol. The number of benzene rings is 1. The Labute approximate surface area is 153 Å². The third-order valence-corrected chi connectivity index (χ3v) is 3.71. The summed E-state index contributed by atoms with van der Waals surface area (Å²) >= 11 is 0. The van der Waals surface area contributed by atoms with Gasteiger partial charge in [-0.05, 0) is 44.7 Å². The summed E-state index contributed by atoms with van der Waals surface area (Å²) < 4.78 is 10.9. The minimum absolute atomic E-state index is 0.0346. The molecule has 0 aromatic heterocycles. The van der Waals surface area contributed by atoms with Crippen molar-refractivity contribution in [1.29, 1.82) is 0 Å². The summed E-state index contributed by atoms with van der Waals surface area (Å²) in [5, 5.41) is 9.49. The van der Waals surface area contributed by atoms with Crippen molar-refractivity contribution in [2.24, 2.45) is 0 Å². The van der Waals surface area contributed by atoms with Crippen LogP contribution in [-0.2, 0) is 16.1 Å². The van der Waals surface area contributed by atoms with Crippen LogP contribution in [0.1, 0.15) is 57.9 Å². The Morgan fingerprint density at radius 3 is 2.44 bits per heavy atom. The Balaban J connectivity index is 1.87. The first-order valence-corrected chi connectivity index (χ1v) is 9.47. The van der Waals surface area contributed by atoms with Gasteiger partial charge in [-0.3, -0.25) is 0 Å². The summed E-state index contributed by atoms with van der Waals surface area (Å²) in [6.45, 7) is 5.38. The van der Waals surface area contributed by atoms with Gasteiger partial charge in [0.25, 0.3) is 0 Å². The topological polar surface area (TPSA) is 38.7 Å². The van der Waals surface area contributed by atoms with Gasteiger partial charge in [0.1, 0.15) is 0 Å². The Hall–Kier alpha value is -1.42. The molecule has 0 fully saturated rings. The lowest BCUT2D eigenvalue weighted by Gasteiger charge is -2.09. The largest absolute Gasteiger partial charge is 0.377 e. The van der Waals surface area contributed by atoms with Gasteiger partial charge < -0.3 is 14.6 Å². The average Bonchev–Trinajstić information content (AvgIpc) is 2.59. The molecule has 1 unspecified atom stereocenters. The summed E-state index contributed by atoms with van der Waals surface area (Å²) in [7, 11) is 0. The van der Waals surface area contributed by atoms with E-state index in [0.29, 0.717) is 0 Å². The highest BCUT2D eigenvalue weighted by Gasteiger charge is 1.99. The van der Waals surface area contributed by atoms with Gasteiger partial charge in [-0.2, -0.15) is 0 Å². The Kier molecular flexibility index (Phi) is 12.9. The van der Waals surface area contributed by atoms with Crippen molar-refractivity contribution in [3.05, 3.63) is 60.2 Å². The summed E-state index contributed by atoms with van der Waals surface area (Å²) in [6.07, 6.45) is 14.0. The molecular formula is C22H34O3. The Morgan fingerprint density at radius 2 is 1.68 bits per heavy atom. The quantitative estimate of drug-likeness (QED) is 0.278. The third-order valence-electron chi connectivity index (χ3n) is 3.71. The van der Waals surface area contributed by atoms with Gasteiger partial charge >= 0.3 is 0 Å². The van der Waals surface area contributed by atoms with Crippen molar-refractivity contribution >= 4 is 0 Å². The predicted octanol–water partition coefficient (Wildman–Crippen LogP) is 5.40. The maximum Gasteiger partial charge on any atom is 0.174 e. The molecule has 3 heteroatoms. The number of hydrogen-bond donors (Lipinski definition) is 1. The van der Waals surface area contributed by atoms with Crippen LogP contribution in [0.2, 0.25) is 0 Å². The minimum Gasteiger partial charge on any atom is -0.377 e. The van der Waals surface area contributed by atoms with Gasteiger partial charge in [-0.15, -0.1) is 0 Å². The molecule has 1 aromatic rings. The van der Waals surface area contributed by atoms with E-state index in [2.05, 4.69) is 18.2 Å². The predicted molar refractivity (Wildman–Crippen MR) is 104 cm³/mol. The van der Waals surface area contributed by atoms with Crippen LogP contribution >= 0.6 is 0 Å². The number of allylic oxidation sites excluding steroid dienone is 3. The number of aliphatic hydroxyl groups is 1. The van der Waals surface area contributed by atoms with Crippen molar-refractivity contribution in [2.45, 2.75) is 71.4 Å². The molecule has 0 radical (unpaired) electrons. The molecule has 0 aliphatic heterocycles. The van der Waals surface area contributed by atoms with Crippen molar-refractivity contribution in [1.82, 2.24) is 0 Å². The summed E-state index contributed by atoms with van der Waals surface area (Å²) in [4.78, 5) is 0. The first-order chi connectivity index (χ1) is 12.2. The van der Waals surface area contributed by atoms with Crippen LogP contribution in [0.4, 0.5) is 0 Å². The monoisotopic (exact) mass is 346 g/mol. The molecule has 0 saturated heterocycles. The molecule has 1 atom stereocenters. The van der Waals surface area contributed by atoms with E-state index in [1.165, 1.54) is 31.2 Å². The van der Waals surface area contributed by atoms with Gasteiger partial charge in [0.05, 0.1) is 12.7 Å². The van der Waals surface area contributed by atoms with E-state index in [9.17, 15) is 5.11 Å². The first kappa shape index (κ1) is 21.6. The fourth-order valence-corrected chi connectivity index (χ4v) is 2.42. The molecule has 0 spiro atoms. The zero-order valence-corrected chi connectivity index (χ0v) is 15.8. The number of aliphatic hydroxyl groups excluding tert-OH is 1. The highest BCUT2D eigenvalue weighted by atomic mass is 16.6. The zero-order valence-electron chi connectivity index (χ0n) is 15.8. The zero-order chi connectivity index (χ0) is 18.2. The van der Waals surface area contributed by atoms with Crippen LogP contribution in [0.5, 0.6) is 0 Å². The number of unbranched alkanes of at least 4 members (excludes halogenated alkanes) is 5. The molecule has 0 heterocycles. The van der Waals surface area contributed by atoms with Crippen LogP contribution in [0.3, 0.4) is 0 Å². The second-order valence-electron chi connectivity index (χ2n) is 6.48. The van der Waals surface area contributed by atoms with Crippen molar-refractivity contribution in [3.63, 3.8) is 0 Å². The van der Waals surface area contributed by atoms with Crippen molar-refractivity contribution < 1.29 is 14.6 Å². The van der Waals surface area contributed by atoms with E-state index in [4.69, 9.17) is 9.47 Å². The molecule has 0 aliphatic carbocycles. The van der Waals surface area contributed by atoms with Crippen LogP contribution in [0.25, 0.3) is 0 Å². The van der Waals surface area contributed by atoms with Crippen LogP contribution in [0.15, 0.2) is 54.6 Å². The van der Waals surface area contributed by atoms with Crippen LogP contribution < -0.4 is 0 Å². The fraction of sp³-hybridized carbons (Fsp3) is 0.545. The van der Waals surface area contributed by atoms with Gasteiger partial charge in [-0.25, -0.2) is 0 Å². The normalized spacial score (nSPS) is 13.3. The maximum atomic E-state index is 9.49. The van der Waals surface area contributed by atoms with Gasteiger partial charge in [0.2, 0.25) is 0 Å². The van der Waals surface area contributed by atoms with E-state index in [1.807, 2.05) is 44.2 Å². The van der Waals surface area contributed by atoms with Gasteiger partial charge in [0, 0.05) is 6.61 Å². The molecule has 0 aliphatic rings. The molecule has 1 aromatic carbocycles. The molecule has 140 valence electrons. The molecule has 1 N–H and O–H groups in total. The summed E-state index contributed by atoms with van der Waals surface area (Å²) in [6, 6.07) is 10.3. The first-order valence-electron chi connectivity index (χ1n) is 9.47. The fourth-order valence-electron chi connectivity index (χ4n) is 2.42. The van der Waals surface area contributed by atoms with Crippen molar-refractivity contribution in [3.8, 4) is 0 Å². The minimum atomic E-state index is -0.811. The molecule has 0 bridgehead atoms. The lowest BCUT2D eigenvalue weighted by atomic mass is 10.1. The average molecular weight is 347 g/mol. The number of rotatable bonds is 14. The molecule has 0 saturated carbocycles. The highest BCUT2D eigenvalue weighted by molar-refractivity contribution is 5.13. The third kappa shape index (κ3) is 13.5. The molecule has 1 rings (SSSR count). The van der Waals surface area contributed by atoms with E-state index in [-0.39, 0.29) is 6.10 Å². The van der Waals surface area contributed by atoms with E-state index in [0.717, 1.165) is 26.1 Å². The summed E-state index contributed by atoms with van der Waals surface area (Å²) in [5.74, 6) is 0.